The lowest BCUT2D eigenvalue weighted by molar-refractivity contribution is -0.0960. The molecule has 4 aliphatic carbocycles. The Kier molecular flexibility index (Phi) is 6.09. The van der Waals surface area contributed by atoms with Gasteiger partial charge in [0, 0.05) is 5.41 Å². The van der Waals surface area contributed by atoms with Crippen molar-refractivity contribution in [2.75, 3.05) is 0 Å². The predicted octanol–water partition coefficient (Wildman–Crippen LogP) is 6.92. The second-order valence-electron chi connectivity index (χ2n) is 13.1. The van der Waals surface area contributed by atoms with Crippen LogP contribution in [0.3, 0.4) is 0 Å². The van der Waals surface area contributed by atoms with Crippen LogP contribution in [-0.2, 0) is 0 Å². The maximum absolute atomic E-state index is 11.4. The average Bonchev–Trinajstić information content (AvgIpc) is 2.96. The van der Waals surface area contributed by atoms with E-state index in [0.717, 1.165) is 25.7 Å². The smallest absolute Gasteiger partial charge is 0.0628 e. The van der Waals surface area contributed by atoms with E-state index < -0.39 is 0 Å². The first-order chi connectivity index (χ1) is 14.4. The number of fused-ring (bicyclic) bond motifs is 5. The van der Waals surface area contributed by atoms with Gasteiger partial charge in [-0.1, -0.05) is 57.9 Å². The monoisotopic (exact) mass is 428 g/mol. The molecule has 0 heterocycles. The van der Waals surface area contributed by atoms with E-state index in [1.807, 2.05) is 0 Å². The van der Waals surface area contributed by atoms with Gasteiger partial charge in [0.25, 0.3) is 0 Å². The lowest BCUT2D eigenvalue weighted by Gasteiger charge is -2.61. The third-order valence-corrected chi connectivity index (χ3v) is 10.8. The highest BCUT2D eigenvalue weighted by Gasteiger charge is 2.63. The summed E-state index contributed by atoms with van der Waals surface area (Å²) in [5, 5.41) is 22.1. The first-order valence-electron chi connectivity index (χ1n) is 13.1. The Morgan fingerprint density at radius 2 is 1.84 bits per heavy atom. The van der Waals surface area contributed by atoms with Crippen molar-refractivity contribution in [3.05, 3.63) is 23.3 Å². The van der Waals surface area contributed by atoms with Crippen molar-refractivity contribution in [1.82, 2.24) is 0 Å². The van der Waals surface area contributed by atoms with Crippen LogP contribution in [0.5, 0.6) is 0 Å². The van der Waals surface area contributed by atoms with Gasteiger partial charge in [-0.3, -0.25) is 0 Å². The minimum Gasteiger partial charge on any atom is -0.393 e. The molecule has 4 rings (SSSR count). The average molecular weight is 429 g/mol. The second kappa shape index (κ2) is 8.01. The summed E-state index contributed by atoms with van der Waals surface area (Å²) >= 11 is 0. The van der Waals surface area contributed by atoms with Crippen molar-refractivity contribution < 1.29 is 10.2 Å². The fraction of sp³-hybridized carbons (Fsp3) is 0.862. The highest BCUT2D eigenvalue weighted by molar-refractivity contribution is 5.31. The molecular weight excluding hydrogens is 380 g/mol. The van der Waals surface area contributed by atoms with E-state index in [4.69, 9.17) is 0 Å². The molecule has 9 atom stereocenters. The van der Waals surface area contributed by atoms with Gasteiger partial charge in [0.15, 0.2) is 0 Å². The van der Waals surface area contributed by atoms with Gasteiger partial charge in [-0.15, -0.1) is 0 Å². The number of allylic oxidation sites excluding steroid dienone is 3. The molecule has 4 aliphatic rings. The Balaban J connectivity index is 1.60. The highest BCUT2D eigenvalue weighted by Crippen LogP contribution is 2.68. The molecule has 0 aromatic heterocycles. The third-order valence-electron chi connectivity index (χ3n) is 10.8. The van der Waals surface area contributed by atoms with Crippen LogP contribution in [0.2, 0.25) is 0 Å². The van der Waals surface area contributed by atoms with Gasteiger partial charge in [-0.2, -0.15) is 0 Å². The SMILES string of the molecule is CC(C)=CCC[C@@H](C)[C@H]1C[C@H](O)[C@H]2[C@@H]3CC=C4C(C)(C)[C@H](O)CC[C@]4(C)[C@H]3CC[C@@]21C. The lowest BCUT2D eigenvalue weighted by atomic mass is 9.44. The van der Waals surface area contributed by atoms with Crippen LogP contribution in [0, 0.1) is 45.8 Å². The normalized spacial score (nSPS) is 46.9. The molecule has 2 nitrogen and oxygen atoms in total. The van der Waals surface area contributed by atoms with Gasteiger partial charge in [0.2, 0.25) is 0 Å². The second-order valence-corrected chi connectivity index (χ2v) is 13.1. The Morgan fingerprint density at radius 3 is 2.52 bits per heavy atom. The molecule has 2 N–H and O–H groups in total. The Morgan fingerprint density at radius 1 is 1.13 bits per heavy atom. The van der Waals surface area contributed by atoms with Crippen molar-refractivity contribution >= 4 is 0 Å². The summed E-state index contributed by atoms with van der Waals surface area (Å²) in [7, 11) is 0. The van der Waals surface area contributed by atoms with E-state index >= 15 is 0 Å². The quantitative estimate of drug-likeness (QED) is 0.477. The molecular formula is C29H48O2. The zero-order chi connectivity index (χ0) is 22.8. The van der Waals surface area contributed by atoms with Crippen LogP contribution in [-0.4, -0.2) is 22.4 Å². The Bertz CT molecular complexity index is 744. The summed E-state index contributed by atoms with van der Waals surface area (Å²) in [5.41, 5.74) is 3.29. The van der Waals surface area contributed by atoms with E-state index in [1.165, 1.54) is 36.8 Å². The molecule has 0 bridgehead atoms. The molecule has 3 saturated carbocycles. The van der Waals surface area contributed by atoms with Crippen LogP contribution in [0.25, 0.3) is 0 Å². The van der Waals surface area contributed by atoms with Crippen LogP contribution < -0.4 is 0 Å². The molecule has 0 amide bonds. The van der Waals surface area contributed by atoms with E-state index in [2.05, 4.69) is 60.6 Å². The summed E-state index contributed by atoms with van der Waals surface area (Å²) in [6.07, 6.45) is 13.6. The summed E-state index contributed by atoms with van der Waals surface area (Å²) in [6.45, 7) is 16.4. The molecule has 0 aromatic rings. The number of aliphatic hydroxyl groups excluding tert-OH is 2. The molecule has 0 radical (unpaired) electrons. The van der Waals surface area contributed by atoms with Gasteiger partial charge in [0.05, 0.1) is 12.2 Å². The standard InChI is InChI=1S/C29H48O2/c1-18(2)9-8-10-19(3)22-17-23(30)26-20-11-12-24-27(4,5)25(31)14-16-28(24,6)21(20)13-15-29(22,26)7/h9,12,19-23,25-26,30-31H,8,10-11,13-17H2,1-7H3/t19-,20-,21+,22-,23+,25-,26-,28-,29-/m1/s1. The first kappa shape index (κ1) is 23.6. The van der Waals surface area contributed by atoms with Gasteiger partial charge in [-0.05, 0) is 106 Å². The topological polar surface area (TPSA) is 40.5 Å². The minimum atomic E-state index is -0.222. The van der Waals surface area contributed by atoms with Crippen molar-refractivity contribution in [3.8, 4) is 0 Å². The zero-order valence-corrected chi connectivity index (χ0v) is 21.2. The Hall–Kier alpha value is -0.600. The molecule has 176 valence electrons. The molecule has 0 aromatic carbocycles. The van der Waals surface area contributed by atoms with Crippen molar-refractivity contribution in [2.45, 2.75) is 112 Å². The van der Waals surface area contributed by atoms with Crippen molar-refractivity contribution in [2.24, 2.45) is 45.8 Å². The van der Waals surface area contributed by atoms with Crippen LogP contribution >= 0.6 is 0 Å². The fourth-order valence-electron chi connectivity index (χ4n) is 9.22. The van der Waals surface area contributed by atoms with Crippen LogP contribution in [0.4, 0.5) is 0 Å². The predicted molar refractivity (Wildman–Crippen MR) is 130 cm³/mol. The van der Waals surface area contributed by atoms with Gasteiger partial charge in [0.1, 0.15) is 0 Å². The van der Waals surface area contributed by atoms with E-state index in [-0.39, 0.29) is 28.5 Å². The fourth-order valence-corrected chi connectivity index (χ4v) is 9.22. The Labute approximate surface area is 191 Å². The van der Waals surface area contributed by atoms with Crippen molar-refractivity contribution in [3.63, 3.8) is 0 Å². The van der Waals surface area contributed by atoms with Gasteiger partial charge >= 0.3 is 0 Å². The first-order valence-corrected chi connectivity index (χ1v) is 13.1. The maximum atomic E-state index is 11.4. The molecule has 0 spiro atoms. The van der Waals surface area contributed by atoms with Crippen LogP contribution in [0.15, 0.2) is 23.3 Å². The molecule has 0 aliphatic heterocycles. The summed E-state index contributed by atoms with van der Waals surface area (Å²) in [5.74, 6) is 3.01. The van der Waals surface area contributed by atoms with Gasteiger partial charge in [-0.25, -0.2) is 0 Å². The number of aliphatic hydroxyl groups is 2. The summed E-state index contributed by atoms with van der Waals surface area (Å²) in [6, 6.07) is 0. The summed E-state index contributed by atoms with van der Waals surface area (Å²) < 4.78 is 0. The number of hydrogen-bond acceptors (Lipinski definition) is 2. The van der Waals surface area contributed by atoms with E-state index in [1.54, 1.807) is 0 Å². The van der Waals surface area contributed by atoms with Crippen molar-refractivity contribution in [1.29, 1.82) is 0 Å². The van der Waals surface area contributed by atoms with Gasteiger partial charge < -0.3 is 10.2 Å². The zero-order valence-electron chi connectivity index (χ0n) is 21.2. The maximum Gasteiger partial charge on any atom is 0.0628 e. The lowest BCUT2D eigenvalue weighted by Crippen LogP contribution is -2.55. The molecule has 0 saturated heterocycles. The van der Waals surface area contributed by atoms with E-state index in [0.29, 0.717) is 29.6 Å². The highest BCUT2D eigenvalue weighted by atomic mass is 16.3. The van der Waals surface area contributed by atoms with E-state index in [9.17, 15) is 10.2 Å². The molecule has 2 heteroatoms. The summed E-state index contributed by atoms with van der Waals surface area (Å²) in [4.78, 5) is 0. The molecule has 3 fully saturated rings. The molecule has 31 heavy (non-hydrogen) atoms. The number of rotatable bonds is 4. The van der Waals surface area contributed by atoms with Crippen LogP contribution in [0.1, 0.15) is 99.8 Å². The molecule has 0 unspecified atom stereocenters. The number of hydrogen-bond donors (Lipinski definition) is 2. The third kappa shape index (κ3) is 3.59. The minimum absolute atomic E-state index is 0.116. The largest absolute Gasteiger partial charge is 0.393 e.